The summed E-state index contributed by atoms with van der Waals surface area (Å²) in [5, 5.41) is 9.56. The van der Waals surface area contributed by atoms with Gasteiger partial charge in [0.1, 0.15) is 18.7 Å². The van der Waals surface area contributed by atoms with E-state index in [9.17, 15) is 9.59 Å². The first-order chi connectivity index (χ1) is 12.1. The van der Waals surface area contributed by atoms with Gasteiger partial charge in [0.15, 0.2) is 0 Å². The average Bonchev–Trinajstić information content (AvgIpc) is 3.18. The lowest BCUT2D eigenvalue weighted by Crippen LogP contribution is -2.24. The summed E-state index contributed by atoms with van der Waals surface area (Å²) in [6, 6.07) is 15.4. The van der Waals surface area contributed by atoms with Crippen molar-refractivity contribution in [3.05, 3.63) is 72.8 Å². The number of carbonyl (C=O) groups is 2. The number of anilines is 2. The smallest absolute Gasteiger partial charge is 0.255 e. The van der Waals surface area contributed by atoms with E-state index in [0.717, 1.165) is 0 Å². The van der Waals surface area contributed by atoms with Gasteiger partial charge in [0.2, 0.25) is 5.91 Å². The Labute approximate surface area is 144 Å². The molecule has 0 aliphatic carbocycles. The van der Waals surface area contributed by atoms with Crippen LogP contribution in [0.4, 0.5) is 11.4 Å². The van der Waals surface area contributed by atoms with Gasteiger partial charge in [-0.15, -0.1) is 0 Å². The van der Waals surface area contributed by atoms with Crippen molar-refractivity contribution < 1.29 is 9.59 Å². The molecule has 3 rings (SSSR count). The molecule has 0 bridgehead atoms. The molecule has 25 heavy (non-hydrogen) atoms. The zero-order valence-electron chi connectivity index (χ0n) is 13.6. The molecule has 1 aromatic heterocycles. The van der Waals surface area contributed by atoms with Crippen LogP contribution in [0.15, 0.2) is 67.3 Å². The Hall–Kier alpha value is -3.48. The summed E-state index contributed by atoms with van der Waals surface area (Å²) in [6.45, 7) is 1.73. The molecule has 0 fully saturated rings. The maximum absolute atomic E-state index is 12.2. The molecule has 0 spiro atoms. The van der Waals surface area contributed by atoms with E-state index < -0.39 is 6.04 Å². The fourth-order valence-electron chi connectivity index (χ4n) is 2.21. The third kappa shape index (κ3) is 4.08. The second-order valence-corrected chi connectivity index (χ2v) is 5.44. The summed E-state index contributed by atoms with van der Waals surface area (Å²) in [5.41, 5.74) is 1.87. The van der Waals surface area contributed by atoms with Gasteiger partial charge < -0.3 is 10.6 Å². The van der Waals surface area contributed by atoms with E-state index >= 15 is 0 Å². The fourth-order valence-corrected chi connectivity index (χ4v) is 2.21. The molecule has 3 aromatic rings. The highest BCUT2D eigenvalue weighted by Gasteiger charge is 2.15. The Morgan fingerprint density at radius 3 is 2.20 bits per heavy atom. The predicted molar refractivity (Wildman–Crippen MR) is 94.2 cm³/mol. The van der Waals surface area contributed by atoms with Crippen LogP contribution >= 0.6 is 0 Å². The summed E-state index contributed by atoms with van der Waals surface area (Å²) in [6.07, 6.45) is 2.88. The topological polar surface area (TPSA) is 88.9 Å². The van der Waals surface area contributed by atoms with Crippen LogP contribution in [0.3, 0.4) is 0 Å². The van der Waals surface area contributed by atoms with Crippen LogP contribution in [-0.2, 0) is 4.79 Å². The lowest BCUT2D eigenvalue weighted by molar-refractivity contribution is -0.119. The fraction of sp³-hybridized carbons (Fsp3) is 0.111. The minimum atomic E-state index is -0.472. The van der Waals surface area contributed by atoms with Crippen molar-refractivity contribution in [2.24, 2.45) is 0 Å². The summed E-state index contributed by atoms with van der Waals surface area (Å²) < 4.78 is 1.48. The summed E-state index contributed by atoms with van der Waals surface area (Å²) in [4.78, 5) is 28.1. The number of aromatic nitrogens is 3. The molecule has 2 amide bonds. The SMILES string of the molecule is CC(C(=O)Nc1ccc(NC(=O)c2ccccc2)cc1)n1cncn1. The quantitative estimate of drug-likeness (QED) is 0.750. The third-order valence-electron chi connectivity index (χ3n) is 3.66. The molecule has 0 saturated heterocycles. The van der Waals surface area contributed by atoms with E-state index in [1.165, 1.54) is 17.3 Å². The standard InChI is InChI=1S/C18H17N5O2/c1-13(23-12-19-11-20-23)17(24)21-15-7-9-16(10-8-15)22-18(25)14-5-3-2-4-6-14/h2-13H,1H3,(H,21,24)(H,22,25). The Kier molecular flexibility index (Phi) is 4.84. The largest absolute Gasteiger partial charge is 0.324 e. The minimum Gasteiger partial charge on any atom is -0.324 e. The molecule has 1 atom stereocenters. The number of rotatable bonds is 5. The van der Waals surface area contributed by atoms with Crippen LogP contribution in [0, 0.1) is 0 Å². The van der Waals surface area contributed by atoms with Gasteiger partial charge in [0, 0.05) is 16.9 Å². The second-order valence-electron chi connectivity index (χ2n) is 5.44. The van der Waals surface area contributed by atoms with Gasteiger partial charge in [-0.2, -0.15) is 5.10 Å². The highest BCUT2D eigenvalue weighted by atomic mass is 16.2. The molecule has 126 valence electrons. The highest BCUT2D eigenvalue weighted by Crippen LogP contribution is 2.16. The zero-order chi connectivity index (χ0) is 17.6. The van der Waals surface area contributed by atoms with E-state index in [4.69, 9.17) is 0 Å². The molecule has 1 heterocycles. The van der Waals surface area contributed by atoms with Gasteiger partial charge >= 0.3 is 0 Å². The van der Waals surface area contributed by atoms with Crippen molar-refractivity contribution >= 4 is 23.2 Å². The van der Waals surface area contributed by atoms with Crippen molar-refractivity contribution in [1.82, 2.24) is 14.8 Å². The molecule has 0 aliphatic heterocycles. The Balaban J connectivity index is 1.60. The monoisotopic (exact) mass is 335 g/mol. The molecule has 7 nitrogen and oxygen atoms in total. The van der Waals surface area contributed by atoms with Crippen molar-refractivity contribution in [3.8, 4) is 0 Å². The first-order valence-electron chi connectivity index (χ1n) is 7.75. The van der Waals surface area contributed by atoms with Crippen molar-refractivity contribution in [2.75, 3.05) is 10.6 Å². The van der Waals surface area contributed by atoms with Crippen LogP contribution in [0.25, 0.3) is 0 Å². The van der Waals surface area contributed by atoms with Crippen LogP contribution in [-0.4, -0.2) is 26.6 Å². The maximum atomic E-state index is 12.2. The predicted octanol–water partition coefficient (Wildman–Crippen LogP) is 2.73. The molecule has 2 N–H and O–H groups in total. The number of hydrogen-bond donors (Lipinski definition) is 2. The first kappa shape index (κ1) is 16.4. The van der Waals surface area contributed by atoms with Gasteiger partial charge in [-0.1, -0.05) is 18.2 Å². The molecule has 0 saturated carbocycles. The summed E-state index contributed by atoms with van der Waals surface area (Å²) in [7, 11) is 0. The average molecular weight is 335 g/mol. The van der Waals surface area contributed by atoms with E-state index in [1.54, 1.807) is 43.3 Å². The van der Waals surface area contributed by atoms with Crippen molar-refractivity contribution in [1.29, 1.82) is 0 Å². The molecule has 0 radical (unpaired) electrons. The highest BCUT2D eigenvalue weighted by molar-refractivity contribution is 6.04. The number of carbonyl (C=O) groups excluding carboxylic acids is 2. The second kappa shape index (κ2) is 7.39. The normalized spacial score (nSPS) is 11.6. The molecule has 1 unspecified atom stereocenters. The van der Waals surface area contributed by atoms with Gasteiger partial charge in [-0.3, -0.25) is 9.59 Å². The van der Waals surface area contributed by atoms with E-state index in [1.807, 2.05) is 18.2 Å². The van der Waals surface area contributed by atoms with Crippen molar-refractivity contribution in [3.63, 3.8) is 0 Å². The van der Waals surface area contributed by atoms with Crippen LogP contribution in [0.5, 0.6) is 0 Å². The maximum Gasteiger partial charge on any atom is 0.255 e. The third-order valence-corrected chi connectivity index (χ3v) is 3.66. The number of nitrogens with zero attached hydrogens (tertiary/aromatic N) is 3. The number of nitrogens with one attached hydrogen (secondary N) is 2. The van der Waals surface area contributed by atoms with Crippen LogP contribution in [0.1, 0.15) is 23.3 Å². The van der Waals surface area contributed by atoms with Crippen LogP contribution in [0.2, 0.25) is 0 Å². The first-order valence-corrected chi connectivity index (χ1v) is 7.75. The lowest BCUT2D eigenvalue weighted by atomic mass is 10.2. The molecule has 2 aromatic carbocycles. The lowest BCUT2D eigenvalue weighted by Gasteiger charge is -2.12. The van der Waals surface area contributed by atoms with Gasteiger partial charge in [-0.05, 0) is 43.3 Å². The molecule has 7 heteroatoms. The minimum absolute atomic E-state index is 0.183. The summed E-state index contributed by atoms with van der Waals surface area (Å²) >= 11 is 0. The number of hydrogen-bond acceptors (Lipinski definition) is 4. The van der Waals surface area contributed by atoms with Crippen molar-refractivity contribution in [2.45, 2.75) is 13.0 Å². The van der Waals surface area contributed by atoms with E-state index in [2.05, 4.69) is 20.7 Å². The molecule has 0 aliphatic rings. The van der Waals surface area contributed by atoms with Gasteiger partial charge in [-0.25, -0.2) is 9.67 Å². The number of amides is 2. The van der Waals surface area contributed by atoms with Gasteiger partial charge in [0.25, 0.3) is 5.91 Å². The molecular formula is C18H17N5O2. The summed E-state index contributed by atoms with van der Waals surface area (Å²) in [5.74, 6) is -0.385. The Morgan fingerprint density at radius 1 is 0.960 bits per heavy atom. The Bertz CT molecular complexity index is 845. The van der Waals surface area contributed by atoms with Crippen LogP contribution < -0.4 is 10.6 Å². The Morgan fingerprint density at radius 2 is 1.60 bits per heavy atom. The number of benzene rings is 2. The van der Waals surface area contributed by atoms with E-state index in [-0.39, 0.29) is 11.8 Å². The van der Waals surface area contributed by atoms with Gasteiger partial charge in [0.05, 0.1) is 0 Å². The van der Waals surface area contributed by atoms with E-state index in [0.29, 0.717) is 16.9 Å². The molecular weight excluding hydrogens is 318 g/mol. The zero-order valence-corrected chi connectivity index (χ0v) is 13.6.